The standard InChI is InChI=1S/C16H13N5O7/c1-10(11-3-2-4-13(7-11)19(23)24)17-18-16(22)8-12-5-6-14(20(25)26)9-15(12)21(27)28/h2-7,9H,8H2,1H3,(H,18,22). The Balaban J connectivity index is 2.15. The summed E-state index contributed by atoms with van der Waals surface area (Å²) in [4.78, 5) is 42.5. The van der Waals surface area contributed by atoms with Crippen LogP contribution in [0.3, 0.4) is 0 Å². The highest BCUT2D eigenvalue weighted by atomic mass is 16.6. The number of amides is 1. The van der Waals surface area contributed by atoms with Crippen LogP contribution in [0.15, 0.2) is 47.6 Å². The molecule has 0 aliphatic carbocycles. The van der Waals surface area contributed by atoms with Crippen LogP contribution < -0.4 is 5.43 Å². The zero-order valence-corrected chi connectivity index (χ0v) is 14.4. The fourth-order valence-electron chi connectivity index (χ4n) is 2.25. The summed E-state index contributed by atoms with van der Waals surface area (Å²) in [7, 11) is 0. The number of nitro groups is 3. The molecule has 1 N–H and O–H groups in total. The van der Waals surface area contributed by atoms with Gasteiger partial charge in [-0.05, 0) is 13.0 Å². The smallest absolute Gasteiger partial charge is 0.273 e. The third kappa shape index (κ3) is 4.91. The molecule has 2 aromatic carbocycles. The fraction of sp³-hybridized carbons (Fsp3) is 0.125. The van der Waals surface area contributed by atoms with Gasteiger partial charge in [-0.25, -0.2) is 5.43 Å². The van der Waals surface area contributed by atoms with Gasteiger partial charge in [0.05, 0.1) is 33.0 Å². The van der Waals surface area contributed by atoms with Crippen molar-refractivity contribution in [1.29, 1.82) is 0 Å². The number of hydrogen-bond donors (Lipinski definition) is 1. The number of benzene rings is 2. The first-order valence-electron chi connectivity index (χ1n) is 7.68. The molecule has 0 saturated heterocycles. The van der Waals surface area contributed by atoms with Crippen molar-refractivity contribution in [2.75, 3.05) is 0 Å². The summed E-state index contributed by atoms with van der Waals surface area (Å²) in [5.41, 5.74) is 1.73. The van der Waals surface area contributed by atoms with E-state index in [1.807, 2.05) is 0 Å². The Morgan fingerprint density at radius 1 is 0.964 bits per heavy atom. The summed E-state index contributed by atoms with van der Waals surface area (Å²) in [6.07, 6.45) is -0.431. The average Bonchev–Trinajstić information content (AvgIpc) is 2.66. The highest BCUT2D eigenvalue weighted by Crippen LogP contribution is 2.25. The monoisotopic (exact) mass is 387 g/mol. The van der Waals surface area contributed by atoms with Crippen molar-refractivity contribution in [3.05, 3.63) is 83.9 Å². The zero-order chi connectivity index (χ0) is 20.8. The molecule has 0 fully saturated rings. The highest BCUT2D eigenvalue weighted by Gasteiger charge is 2.21. The van der Waals surface area contributed by atoms with E-state index in [0.29, 0.717) is 5.56 Å². The Labute approximate surface area is 156 Å². The predicted octanol–water partition coefficient (Wildman–Crippen LogP) is 2.49. The molecule has 1 amide bonds. The van der Waals surface area contributed by atoms with Crippen LogP contribution in [-0.4, -0.2) is 26.4 Å². The van der Waals surface area contributed by atoms with Gasteiger partial charge in [-0.15, -0.1) is 0 Å². The topological polar surface area (TPSA) is 171 Å². The SMILES string of the molecule is CC(=NNC(=O)Cc1ccc([N+](=O)[O-])cc1[N+](=O)[O-])c1cccc([N+](=O)[O-])c1. The number of carbonyl (C=O) groups excluding carboxylic acids is 1. The molecule has 2 rings (SSSR count). The molecule has 0 heterocycles. The van der Waals surface area contributed by atoms with Crippen molar-refractivity contribution < 1.29 is 19.6 Å². The minimum Gasteiger partial charge on any atom is -0.273 e. The molecule has 0 bridgehead atoms. The molecule has 0 radical (unpaired) electrons. The maximum atomic E-state index is 12.0. The second kappa shape index (κ2) is 8.44. The summed E-state index contributed by atoms with van der Waals surface area (Å²) >= 11 is 0. The van der Waals surface area contributed by atoms with Gasteiger partial charge in [0.25, 0.3) is 17.1 Å². The average molecular weight is 387 g/mol. The Bertz CT molecular complexity index is 1000. The van der Waals surface area contributed by atoms with E-state index in [2.05, 4.69) is 10.5 Å². The summed E-state index contributed by atoms with van der Waals surface area (Å²) in [6, 6.07) is 8.60. The molecule has 2 aromatic rings. The van der Waals surface area contributed by atoms with Gasteiger partial charge in [0.2, 0.25) is 5.91 Å². The highest BCUT2D eigenvalue weighted by molar-refractivity contribution is 5.99. The number of rotatable bonds is 7. The number of carbonyl (C=O) groups is 1. The molecule has 28 heavy (non-hydrogen) atoms. The normalized spacial score (nSPS) is 11.0. The van der Waals surface area contributed by atoms with Crippen LogP contribution in [0.1, 0.15) is 18.1 Å². The lowest BCUT2D eigenvalue weighted by molar-refractivity contribution is -0.394. The number of nitro benzene ring substituents is 3. The lowest BCUT2D eigenvalue weighted by atomic mass is 10.1. The molecule has 144 valence electrons. The van der Waals surface area contributed by atoms with Crippen molar-refractivity contribution in [2.24, 2.45) is 5.10 Å². The minimum atomic E-state index is -0.812. The van der Waals surface area contributed by atoms with E-state index >= 15 is 0 Å². The molecule has 0 unspecified atom stereocenters. The first-order chi connectivity index (χ1) is 13.2. The third-order valence-electron chi connectivity index (χ3n) is 3.65. The molecule has 0 aromatic heterocycles. The quantitative estimate of drug-likeness (QED) is 0.432. The summed E-state index contributed by atoms with van der Waals surface area (Å²) in [6.45, 7) is 1.52. The summed E-state index contributed by atoms with van der Waals surface area (Å²) in [5.74, 6) is -0.693. The third-order valence-corrected chi connectivity index (χ3v) is 3.65. The van der Waals surface area contributed by atoms with Crippen molar-refractivity contribution in [3.63, 3.8) is 0 Å². The minimum absolute atomic E-state index is 0.0173. The van der Waals surface area contributed by atoms with E-state index < -0.39 is 38.5 Å². The van der Waals surface area contributed by atoms with E-state index in [-0.39, 0.29) is 17.0 Å². The molecule has 0 atom stereocenters. The van der Waals surface area contributed by atoms with Crippen molar-refractivity contribution >= 4 is 28.7 Å². The summed E-state index contributed by atoms with van der Waals surface area (Å²) in [5, 5.41) is 36.4. The zero-order valence-electron chi connectivity index (χ0n) is 14.4. The first kappa shape index (κ1) is 20.1. The van der Waals surface area contributed by atoms with Crippen LogP contribution >= 0.6 is 0 Å². The Kier molecular flexibility index (Phi) is 6.06. The van der Waals surface area contributed by atoms with E-state index in [1.54, 1.807) is 6.07 Å². The largest absolute Gasteiger partial charge is 0.279 e. The predicted molar refractivity (Wildman–Crippen MR) is 96.9 cm³/mol. The second-order valence-electron chi connectivity index (χ2n) is 5.54. The van der Waals surface area contributed by atoms with Crippen molar-refractivity contribution in [3.8, 4) is 0 Å². The Hall–Kier alpha value is -4.22. The molecular weight excluding hydrogens is 374 g/mol. The van der Waals surface area contributed by atoms with E-state index in [1.165, 1.54) is 25.1 Å². The second-order valence-corrected chi connectivity index (χ2v) is 5.54. The van der Waals surface area contributed by atoms with Gasteiger partial charge in [0.15, 0.2) is 0 Å². The molecule has 0 aliphatic heterocycles. The molecule has 12 heteroatoms. The van der Waals surface area contributed by atoms with Crippen molar-refractivity contribution in [2.45, 2.75) is 13.3 Å². The number of hydrazone groups is 1. The molecule has 0 saturated carbocycles. The van der Waals surface area contributed by atoms with E-state index in [4.69, 9.17) is 0 Å². The van der Waals surface area contributed by atoms with Crippen LogP contribution in [0, 0.1) is 30.3 Å². The van der Waals surface area contributed by atoms with Crippen LogP contribution in [0.25, 0.3) is 0 Å². The number of hydrogen-bond acceptors (Lipinski definition) is 8. The number of nitrogens with one attached hydrogen (secondary N) is 1. The molecule has 12 nitrogen and oxygen atoms in total. The summed E-state index contributed by atoms with van der Waals surface area (Å²) < 4.78 is 0. The lowest BCUT2D eigenvalue weighted by Crippen LogP contribution is -2.21. The van der Waals surface area contributed by atoms with Gasteiger partial charge >= 0.3 is 0 Å². The van der Waals surface area contributed by atoms with Crippen LogP contribution in [-0.2, 0) is 11.2 Å². The number of non-ortho nitro benzene ring substituents is 2. The molecule has 0 spiro atoms. The van der Waals surface area contributed by atoms with E-state index in [0.717, 1.165) is 18.2 Å². The van der Waals surface area contributed by atoms with Crippen LogP contribution in [0.2, 0.25) is 0 Å². The van der Waals surface area contributed by atoms with Gasteiger partial charge < -0.3 is 0 Å². The van der Waals surface area contributed by atoms with Crippen LogP contribution in [0.5, 0.6) is 0 Å². The Morgan fingerprint density at radius 2 is 1.61 bits per heavy atom. The maximum Gasteiger partial charge on any atom is 0.279 e. The van der Waals surface area contributed by atoms with Crippen LogP contribution in [0.4, 0.5) is 17.1 Å². The maximum absolute atomic E-state index is 12.0. The van der Waals surface area contributed by atoms with Gasteiger partial charge in [-0.3, -0.25) is 35.1 Å². The number of nitrogens with zero attached hydrogens (tertiary/aromatic N) is 4. The van der Waals surface area contributed by atoms with Gasteiger partial charge in [0.1, 0.15) is 0 Å². The first-order valence-corrected chi connectivity index (χ1v) is 7.68. The fourth-order valence-corrected chi connectivity index (χ4v) is 2.25. The molecular formula is C16H13N5O7. The van der Waals surface area contributed by atoms with Gasteiger partial charge in [-0.1, -0.05) is 12.1 Å². The van der Waals surface area contributed by atoms with Crippen molar-refractivity contribution in [1.82, 2.24) is 5.43 Å². The van der Waals surface area contributed by atoms with E-state index in [9.17, 15) is 35.1 Å². The Morgan fingerprint density at radius 3 is 2.21 bits per heavy atom. The lowest BCUT2D eigenvalue weighted by Gasteiger charge is -2.04. The van der Waals surface area contributed by atoms with Gasteiger partial charge in [0, 0.05) is 29.3 Å². The molecule has 0 aliphatic rings. The van der Waals surface area contributed by atoms with Gasteiger partial charge in [-0.2, -0.15) is 5.10 Å².